The van der Waals surface area contributed by atoms with E-state index in [1.807, 2.05) is 27.7 Å². The fourth-order valence-corrected chi connectivity index (χ4v) is 4.39. The average molecular weight is 497 g/mol. The first-order chi connectivity index (χ1) is 17.2. The molecule has 8 heteroatoms. The van der Waals surface area contributed by atoms with Gasteiger partial charge in [0.05, 0.1) is 31.9 Å². The van der Waals surface area contributed by atoms with Crippen molar-refractivity contribution in [3.8, 4) is 17.2 Å². The maximum atomic E-state index is 13.3. The Balaban J connectivity index is 2.13. The fourth-order valence-electron chi connectivity index (χ4n) is 4.39. The Morgan fingerprint density at radius 3 is 2.19 bits per heavy atom. The molecule has 8 nitrogen and oxygen atoms in total. The molecule has 0 bridgehead atoms. The molecular formula is C28H36N2O6. The maximum Gasteiger partial charge on any atom is 0.295 e. The number of likely N-dealkylation sites (tertiary alicyclic amines) is 1. The molecule has 1 atom stereocenters. The number of ketones is 1. The van der Waals surface area contributed by atoms with E-state index in [2.05, 4.69) is 4.90 Å². The Labute approximate surface area is 213 Å². The molecule has 1 aliphatic heterocycles. The largest absolute Gasteiger partial charge is 0.507 e. The summed E-state index contributed by atoms with van der Waals surface area (Å²) in [6.07, 6.45) is 0.00288. The Kier molecular flexibility index (Phi) is 8.98. The van der Waals surface area contributed by atoms with E-state index in [-0.39, 0.29) is 17.4 Å². The van der Waals surface area contributed by atoms with E-state index in [0.717, 1.165) is 13.1 Å². The summed E-state index contributed by atoms with van der Waals surface area (Å²) in [5.74, 6) is 0.0770. The third-order valence-corrected chi connectivity index (χ3v) is 6.33. The number of methoxy groups -OCH3 is 2. The molecule has 1 N–H and O–H groups in total. The molecule has 0 aliphatic carbocycles. The molecular weight excluding hydrogens is 460 g/mol. The summed E-state index contributed by atoms with van der Waals surface area (Å²) in [5.41, 5.74) is 1.05. The second-order valence-electron chi connectivity index (χ2n) is 8.82. The highest BCUT2D eigenvalue weighted by molar-refractivity contribution is 6.46. The smallest absolute Gasteiger partial charge is 0.295 e. The van der Waals surface area contributed by atoms with Crippen molar-refractivity contribution in [3.63, 3.8) is 0 Å². The van der Waals surface area contributed by atoms with E-state index >= 15 is 0 Å². The normalized spacial score (nSPS) is 17.2. The highest BCUT2D eigenvalue weighted by Gasteiger charge is 2.47. The number of hydrogen-bond donors (Lipinski definition) is 1. The molecule has 1 aliphatic rings. The van der Waals surface area contributed by atoms with Crippen LogP contribution in [0.1, 0.15) is 44.9 Å². The molecule has 0 aromatic heterocycles. The molecule has 1 fully saturated rings. The number of Topliss-reactive ketones (excluding diaryl/α,β-unsaturated/α-hetero) is 1. The van der Waals surface area contributed by atoms with Crippen LogP contribution in [-0.4, -0.2) is 73.1 Å². The highest BCUT2D eigenvalue weighted by atomic mass is 16.5. The number of ether oxygens (including phenoxy) is 3. The van der Waals surface area contributed by atoms with Gasteiger partial charge in [0.2, 0.25) is 0 Å². The van der Waals surface area contributed by atoms with Crippen LogP contribution in [0.2, 0.25) is 0 Å². The summed E-state index contributed by atoms with van der Waals surface area (Å²) in [4.78, 5) is 30.3. The highest BCUT2D eigenvalue weighted by Crippen LogP contribution is 2.43. The second-order valence-corrected chi connectivity index (χ2v) is 8.82. The summed E-state index contributed by atoms with van der Waals surface area (Å²) < 4.78 is 16.6. The van der Waals surface area contributed by atoms with E-state index in [1.54, 1.807) is 49.6 Å². The SMILES string of the molecule is CCN(CC)CCN1C(=O)C(=O)/C(=C(\O)c2ccc(OC(C)C)cc2)C1c1ccc(OC)cc1OC. The first-order valence-electron chi connectivity index (χ1n) is 12.2. The van der Waals surface area contributed by atoms with Gasteiger partial charge in [0.1, 0.15) is 23.0 Å². The zero-order chi connectivity index (χ0) is 26.4. The van der Waals surface area contributed by atoms with Gasteiger partial charge in [-0.05, 0) is 63.3 Å². The van der Waals surface area contributed by atoms with Crippen LogP contribution in [0.3, 0.4) is 0 Å². The molecule has 0 saturated carbocycles. The number of carbonyl (C=O) groups excluding carboxylic acids is 2. The lowest BCUT2D eigenvalue weighted by Crippen LogP contribution is -2.38. The first kappa shape index (κ1) is 27.1. The van der Waals surface area contributed by atoms with E-state index in [0.29, 0.717) is 41.5 Å². The molecule has 2 aromatic rings. The molecule has 1 amide bonds. The lowest BCUT2D eigenvalue weighted by Gasteiger charge is -2.29. The summed E-state index contributed by atoms with van der Waals surface area (Å²) in [6, 6.07) is 11.2. The Morgan fingerprint density at radius 2 is 1.64 bits per heavy atom. The molecule has 1 heterocycles. The van der Waals surface area contributed by atoms with Gasteiger partial charge in [-0.2, -0.15) is 0 Å². The molecule has 1 unspecified atom stereocenters. The fraction of sp³-hybridized carbons (Fsp3) is 0.429. The summed E-state index contributed by atoms with van der Waals surface area (Å²) >= 11 is 0. The minimum atomic E-state index is -0.812. The summed E-state index contributed by atoms with van der Waals surface area (Å²) in [7, 11) is 3.07. The van der Waals surface area contributed by atoms with Crippen LogP contribution < -0.4 is 14.2 Å². The molecule has 0 spiro atoms. The van der Waals surface area contributed by atoms with Gasteiger partial charge < -0.3 is 29.1 Å². The number of amides is 1. The quantitative estimate of drug-likeness (QED) is 0.283. The van der Waals surface area contributed by atoms with Crippen LogP contribution in [0.5, 0.6) is 17.2 Å². The molecule has 1 saturated heterocycles. The van der Waals surface area contributed by atoms with Crippen molar-refractivity contribution < 1.29 is 28.9 Å². The predicted octanol–water partition coefficient (Wildman–Crippen LogP) is 4.25. The Bertz CT molecular complexity index is 1110. The van der Waals surface area contributed by atoms with Crippen molar-refractivity contribution in [2.75, 3.05) is 40.4 Å². The zero-order valence-corrected chi connectivity index (χ0v) is 21.9. The Morgan fingerprint density at radius 1 is 1.00 bits per heavy atom. The summed E-state index contributed by atoms with van der Waals surface area (Å²) in [6.45, 7) is 10.5. The maximum absolute atomic E-state index is 13.3. The number of aliphatic hydroxyl groups is 1. The van der Waals surface area contributed by atoms with Crippen LogP contribution >= 0.6 is 0 Å². The van der Waals surface area contributed by atoms with Gasteiger partial charge >= 0.3 is 0 Å². The van der Waals surface area contributed by atoms with Gasteiger partial charge in [-0.3, -0.25) is 9.59 Å². The van der Waals surface area contributed by atoms with Crippen molar-refractivity contribution in [2.24, 2.45) is 0 Å². The molecule has 0 radical (unpaired) electrons. The number of aliphatic hydroxyl groups excluding tert-OH is 1. The lowest BCUT2D eigenvalue weighted by molar-refractivity contribution is -0.140. The van der Waals surface area contributed by atoms with Crippen molar-refractivity contribution in [1.29, 1.82) is 0 Å². The van der Waals surface area contributed by atoms with Crippen LogP contribution in [0.15, 0.2) is 48.0 Å². The van der Waals surface area contributed by atoms with E-state index < -0.39 is 17.7 Å². The predicted molar refractivity (Wildman–Crippen MR) is 139 cm³/mol. The van der Waals surface area contributed by atoms with Gasteiger partial charge in [-0.15, -0.1) is 0 Å². The molecule has 36 heavy (non-hydrogen) atoms. The number of hydrogen-bond acceptors (Lipinski definition) is 7. The Hall–Kier alpha value is -3.52. The van der Waals surface area contributed by atoms with Gasteiger partial charge in [-0.25, -0.2) is 0 Å². The third-order valence-electron chi connectivity index (χ3n) is 6.33. The van der Waals surface area contributed by atoms with Crippen molar-refractivity contribution >= 4 is 17.4 Å². The number of nitrogens with zero attached hydrogens (tertiary/aromatic N) is 2. The van der Waals surface area contributed by atoms with E-state index in [4.69, 9.17) is 14.2 Å². The van der Waals surface area contributed by atoms with Crippen LogP contribution in [-0.2, 0) is 9.59 Å². The van der Waals surface area contributed by atoms with Crippen molar-refractivity contribution in [1.82, 2.24) is 9.80 Å². The van der Waals surface area contributed by atoms with Crippen molar-refractivity contribution in [2.45, 2.75) is 39.8 Å². The van der Waals surface area contributed by atoms with Crippen LogP contribution in [0.25, 0.3) is 5.76 Å². The van der Waals surface area contributed by atoms with Crippen LogP contribution in [0, 0.1) is 0 Å². The molecule has 3 rings (SSSR count). The standard InChI is InChI=1S/C28H36N2O6/c1-7-29(8-2)15-16-30-25(22-14-13-21(34-5)17-23(22)35-6)24(27(32)28(30)33)26(31)19-9-11-20(12-10-19)36-18(3)4/h9-14,17-18,25,31H,7-8,15-16H2,1-6H3/b26-24-. The van der Waals surface area contributed by atoms with Gasteiger partial charge in [0.25, 0.3) is 11.7 Å². The third kappa shape index (κ3) is 5.65. The second kappa shape index (κ2) is 11.9. The van der Waals surface area contributed by atoms with Gasteiger partial charge in [0.15, 0.2) is 0 Å². The number of rotatable bonds is 11. The number of likely N-dealkylation sites (N-methyl/N-ethyl adjacent to an activating group) is 1. The first-order valence-corrected chi connectivity index (χ1v) is 12.2. The zero-order valence-electron chi connectivity index (χ0n) is 21.9. The number of carbonyl (C=O) groups is 2. The monoisotopic (exact) mass is 496 g/mol. The topological polar surface area (TPSA) is 88.5 Å². The molecule has 194 valence electrons. The lowest BCUT2D eigenvalue weighted by atomic mass is 9.94. The minimum Gasteiger partial charge on any atom is -0.507 e. The van der Waals surface area contributed by atoms with Crippen LogP contribution in [0.4, 0.5) is 0 Å². The summed E-state index contributed by atoms with van der Waals surface area (Å²) in [5, 5.41) is 11.3. The minimum absolute atomic E-state index is 0.00288. The van der Waals surface area contributed by atoms with E-state index in [1.165, 1.54) is 12.0 Å². The molecule has 2 aromatic carbocycles. The van der Waals surface area contributed by atoms with Gasteiger partial charge in [-0.1, -0.05) is 13.8 Å². The van der Waals surface area contributed by atoms with E-state index in [9.17, 15) is 14.7 Å². The average Bonchev–Trinajstić information content (AvgIpc) is 3.13. The van der Waals surface area contributed by atoms with Crippen molar-refractivity contribution in [3.05, 3.63) is 59.2 Å². The van der Waals surface area contributed by atoms with Gasteiger partial charge in [0, 0.05) is 30.3 Å². The number of benzene rings is 2.